The third-order valence-corrected chi connectivity index (χ3v) is 7.52. The summed E-state index contributed by atoms with van der Waals surface area (Å²) in [5.74, 6) is 0.402. The van der Waals surface area contributed by atoms with Crippen LogP contribution in [0.5, 0.6) is 0 Å². The quantitative estimate of drug-likeness (QED) is 0.447. The number of nitrogens with one attached hydrogen (secondary N) is 1. The largest absolute Gasteiger partial charge is 0.480 e. The fraction of sp³-hybridized carbons (Fsp3) is 0.500. The van der Waals surface area contributed by atoms with E-state index in [9.17, 15) is 14.7 Å². The number of aromatic nitrogens is 2. The second kappa shape index (κ2) is 10.1. The first-order valence-corrected chi connectivity index (χ1v) is 12.8. The number of benzene rings is 1. The lowest BCUT2D eigenvalue weighted by atomic mass is 9.85. The number of thiophene rings is 1. The number of imidazole rings is 1. The Morgan fingerprint density at radius 3 is 2.70 bits per heavy atom. The summed E-state index contributed by atoms with van der Waals surface area (Å²) in [6, 6.07) is 9.29. The number of rotatable bonds is 8. The number of hydrogen-bond acceptors (Lipinski definition) is 4. The Kier molecular flexibility index (Phi) is 7.17. The third-order valence-electron chi connectivity index (χ3n) is 6.65. The average Bonchev–Trinajstić information content (AvgIpc) is 3.40. The number of carbonyl (C=O) groups excluding carboxylic acids is 1. The van der Waals surface area contributed by atoms with E-state index >= 15 is 0 Å². The highest BCUT2D eigenvalue weighted by atomic mass is 32.1. The van der Waals surface area contributed by atoms with Gasteiger partial charge in [-0.1, -0.05) is 39.7 Å². The smallest absolute Gasteiger partial charge is 0.326 e. The monoisotopic (exact) mass is 467 g/mol. The predicted molar refractivity (Wildman–Crippen MR) is 132 cm³/mol. The maximum Gasteiger partial charge on any atom is 0.326 e. The Balaban J connectivity index is 1.68. The predicted octanol–water partition coefficient (Wildman–Crippen LogP) is 5.67. The van der Waals surface area contributed by atoms with Crippen LogP contribution >= 0.6 is 11.3 Å². The van der Waals surface area contributed by atoms with Gasteiger partial charge >= 0.3 is 5.97 Å². The number of carbonyl (C=O) groups is 2. The van der Waals surface area contributed by atoms with E-state index in [4.69, 9.17) is 4.98 Å². The van der Waals surface area contributed by atoms with Crippen molar-refractivity contribution in [1.29, 1.82) is 0 Å². The minimum atomic E-state index is -1.01. The van der Waals surface area contributed by atoms with Crippen molar-refractivity contribution in [2.24, 2.45) is 11.8 Å². The lowest BCUT2D eigenvalue weighted by molar-refractivity contribution is -0.139. The van der Waals surface area contributed by atoms with Gasteiger partial charge in [0.2, 0.25) is 0 Å². The van der Waals surface area contributed by atoms with Crippen molar-refractivity contribution >= 4 is 34.2 Å². The van der Waals surface area contributed by atoms with Gasteiger partial charge in [0.25, 0.3) is 5.91 Å². The zero-order chi connectivity index (χ0) is 23.5. The molecule has 0 aliphatic heterocycles. The van der Waals surface area contributed by atoms with Crippen molar-refractivity contribution in [2.75, 3.05) is 0 Å². The summed E-state index contributed by atoms with van der Waals surface area (Å²) in [4.78, 5) is 30.7. The van der Waals surface area contributed by atoms with Crippen molar-refractivity contribution < 1.29 is 14.7 Å². The molecule has 0 spiro atoms. The summed E-state index contributed by atoms with van der Waals surface area (Å²) in [5.41, 5.74) is 2.29. The van der Waals surface area contributed by atoms with Crippen LogP contribution in [0.3, 0.4) is 0 Å². The van der Waals surface area contributed by atoms with E-state index in [0.29, 0.717) is 23.9 Å². The summed E-state index contributed by atoms with van der Waals surface area (Å²) >= 11 is 1.73. The molecule has 1 amide bonds. The van der Waals surface area contributed by atoms with Crippen molar-refractivity contribution in [2.45, 2.75) is 71.4 Å². The minimum Gasteiger partial charge on any atom is -0.480 e. The van der Waals surface area contributed by atoms with Crippen LogP contribution < -0.4 is 5.32 Å². The van der Waals surface area contributed by atoms with Crippen LogP contribution in [0.1, 0.15) is 80.0 Å². The second-order valence-electron chi connectivity index (χ2n) is 9.68. The minimum absolute atomic E-state index is 0.168. The van der Waals surface area contributed by atoms with Crippen LogP contribution in [0, 0.1) is 11.8 Å². The summed E-state index contributed by atoms with van der Waals surface area (Å²) < 4.78 is 2.40. The fourth-order valence-electron chi connectivity index (χ4n) is 4.97. The zero-order valence-electron chi connectivity index (χ0n) is 19.6. The summed E-state index contributed by atoms with van der Waals surface area (Å²) in [7, 11) is 0. The van der Waals surface area contributed by atoms with Crippen LogP contribution in [0.15, 0.2) is 35.7 Å². The lowest BCUT2D eigenvalue weighted by Gasteiger charge is -2.31. The first kappa shape index (κ1) is 23.5. The van der Waals surface area contributed by atoms with Crippen molar-refractivity contribution in [1.82, 2.24) is 14.9 Å². The normalized spacial score (nSPS) is 19.6. The molecule has 3 atom stereocenters. The molecular weight excluding hydrogens is 434 g/mol. The summed E-state index contributed by atoms with van der Waals surface area (Å²) in [6.45, 7) is 6.22. The van der Waals surface area contributed by atoms with Crippen LogP contribution in [0.4, 0.5) is 0 Å². The van der Waals surface area contributed by atoms with E-state index in [-0.39, 0.29) is 11.8 Å². The van der Waals surface area contributed by atoms with Crippen molar-refractivity contribution in [3.63, 3.8) is 0 Å². The first-order valence-electron chi connectivity index (χ1n) is 11.9. The van der Waals surface area contributed by atoms with Crippen LogP contribution in [0.25, 0.3) is 11.0 Å². The van der Waals surface area contributed by atoms with Gasteiger partial charge in [-0.2, -0.15) is 0 Å². The molecule has 1 aromatic carbocycles. The van der Waals surface area contributed by atoms with Crippen LogP contribution in [-0.2, 0) is 11.2 Å². The van der Waals surface area contributed by atoms with E-state index in [1.165, 1.54) is 24.1 Å². The van der Waals surface area contributed by atoms with E-state index < -0.39 is 12.0 Å². The number of aliphatic carboxylic acids is 1. The molecule has 2 heterocycles. The lowest BCUT2D eigenvalue weighted by Crippen LogP contribution is -2.41. The Labute approximate surface area is 199 Å². The standard InChI is InChI=1S/C26H33N3O3S/c1-16(2)13-21(26(31)32)28-25(30)18-10-11-23-20(14-18)27-24(15-19-8-6-12-33-19)29(23)22-9-5-4-7-17(22)3/h6,8,10-12,14,16-17,21-22H,4-5,7,9,13,15H2,1-3H3,(H,28,30)(H,31,32)/t17-,21?,22+/m0/s1. The molecule has 0 bridgehead atoms. The van der Waals surface area contributed by atoms with Gasteiger partial charge in [0, 0.05) is 22.9 Å². The van der Waals surface area contributed by atoms with Gasteiger partial charge in [0.1, 0.15) is 11.9 Å². The fourth-order valence-corrected chi connectivity index (χ4v) is 5.67. The van der Waals surface area contributed by atoms with Gasteiger partial charge in [0.15, 0.2) is 0 Å². The number of carboxylic acid groups (broad SMARTS) is 1. The highest BCUT2D eigenvalue weighted by molar-refractivity contribution is 7.09. The zero-order valence-corrected chi connectivity index (χ0v) is 20.4. The van der Waals surface area contributed by atoms with Gasteiger partial charge in [-0.05, 0) is 60.7 Å². The number of fused-ring (bicyclic) bond motifs is 1. The maximum absolute atomic E-state index is 12.9. The molecular formula is C26H33N3O3S. The molecule has 0 saturated heterocycles. The molecule has 7 heteroatoms. The third kappa shape index (κ3) is 5.29. The molecule has 33 heavy (non-hydrogen) atoms. The summed E-state index contributed by atoms with van der Waals surface area (Å²) in [5, 5.41) is 14.3. The molecule has 2 N–H and O–H groups in total. The molecule has 176 valence electrons. The number of nitrogens with zero attached hydrogens (tertiary/aromatic N) is 2. The van der Waals surface area contributed by atoms with Gasteiger partial charge < -0.3 is 15.0 Å². The SMILES string of the molecule is CC(C)CC(NC(=O)c1ccc2c(c1)nc(Cc1cccs1)n2[C@@H]1CCCC[C@@H]1C)C(=O)O. The molecule has 0 radical (unpaired) electrons. The molecule has 1 aliphatic rings. The van der Waals surface area contributed by atoms with E-state index in [1.54, 1.807) is 23.5 Å². The number of carboxylic acids is 1. The molecule has 1 fully saturated rings. The van der Waals surface area contributed by atoms with Crippen molar-refractivity contribution in [3.8, 4) is 0 Å². The van der Waals surface area contributed by atoms with Crippen LogP contribution in [0.2, 0.25) is 0 Å². The van der Waals surface area contributed by atoms with Gasteiger partial charge in [-0.25, -0.2) is 9.78 Å². The number of amides is 1. The topological polar surface area (TPSA) is 84.2 Å². The second-order valence-corrected chi connectivity index (χ2v) is 10.7. The highest BCUT2D eigenvalue weighted by Gasteiger charge is 2.28. The Bertz CT molecular complexity index is 1120. The Morgan fingerprint density at radius 2 is 2.03 bits per heavy atom. The maximum atomic E-state index is 12.9. The Hall–Kier alpha value is -2.67. The van der Waals surface area contributed by atoms with Gasteiger partial charge in [-0.3, -0.25) is 4.79 Å². The summed E-state index contributed by atoms with van der Waals surface area (Å²) in [6.07, 6.45) is 6.02. The molecule has 1 aliphatic carbocycles. The van der Waals surface area contributed by atoms with Gasteiger partial charge in [-0.15, -0.1) is 11.3 Å². The molecule has 3 aromatic rings. The average molecular weight is 468 g/mol. The van der Waals surface area contributed by atoms with E-state index in [1.807, 2.05) is 19.9 Å². The molecule has 2 aromatic heterocycles. The molecule has 6 nitrogen and oxygen atoms in total. The number of hydrogen-bond donors (Lipinski definition) is 2. The highest BCUT2D eigenvalue weighted by Crippen LogP contribution is 2.37. The van der Waals surface area contributed by atoms with Crippen molar-refractivity contribution in [3.05, 3.63) is 52.0 Å². The van der Waals surface area contributed by atoms with Crippen LogP contribution in [-0.4, -0.2) is 32.6 Å². The first-order chi connectivity index (χ1) is 15.8. The van der Waals surface area contributed by atoms with E-state index in [2.05, 4.69) is 34.3 Å². The molecule has 4 rings (SSSR count). The Morgan fingerprint density at radius 1 is 1.24 bits per heavy atom. The molecule has 1 saturated carbocycles. The molecule has 1 unspecified atom stereocenters. The van der Waals surface area contributed by atoms with Gasteiger partial charge in [0.05, 0.1) is 11.0 Å². The van der Waals surface area contributed by atoms with E-state index in [0.717, 1.165) is 29.7 Å².